The lowest BCUT2D eigenvalue weighted by Crippen LogP contribution is -2.47. The van der Waals surface area contributed by atoms with Crippen molar-refractivity contribution in [3.05, 3.63) is 18.2 Å². The van der Waals surface area contributed by atoms with E-state index in [9.17, 15) is 8.42 Å². The SMILES string of the molecule is NCC1CCCCN1S(=O)(=O)c1ccc2c(c1)OCCCO2. The highest BCUT2D eigenvalue weighted by atomic mass is 32.2. The van der Waals surface area contributed by atoms with Crippen molar-refractivity contribution >= 4 is 10.0 Å². The van der Waals surface area contributed by atoms with Crippen molar-refractivity contribution in [1.82, 2.24) is 4.31 Å². The van der Waals surface area contributed by atoms with Crippen LogP contribution in [0.25, 0.3) is 0 Å². The fraction of sp³-hybridized carbons (Fsp3) is 0.600. The standard InChI is InChI=1S/C15H22N2O4S/c16-11-12-4-1-2-7-17(12)22(18,19)13-5-6-14-15(10-13)21-9-3-8-20-14/h5-6,10,12H,1-4,7-9,11,16H2. The van der Waals surface area contributed by atoms with Crippen molar-refractivity contribution in [3.8, 4) is 11.5 Å². The maximum Gasteiger partial charge on any atom is 0.243 e. The molecular weight excluding hydrogens is 304 g/mol. The van der Waals surface area contributed by atoms with Crippen molar-refractivity contribution < 1.29 is 17.9 Å². The molecule has 0 saturated carbocycles. The predicted octanol–water partition coefficient (Wildman–Crippen LogP) is 1.35. The van der Waals surface area contributed by atoms with Gasteiger partial charge in [0.25, 0.3) is 0 Å². The fourth-order valence-corrected chi connectivity index (χ4v) is 4.69. The van der Waals surface area contributed by atoms with Gasteiger partial charge in [-0.25, -0.2) is 8.42 Å². The van der Waals surface area contributed by atoms with Crippen molar-refractivity contribution in [1.29, 1.82) is 0 Å². The third kappa shape index (κ3) is 2.93. The highest BCUT2D eigenvalue weighted by Crippen LogP contribution is 2.34. The largest absolute Gasteiger partial charge is 0.490 e. The number of hydrogen-bond acceptors (Lipinski definition) is 5. The van der Waals surface area contributed by atoms with E-state index in [1.165, 1.54) is 4.31 Å². The molecule has 1 aromatic carbocycles. The number of benzene rings is 1. The number of nitrogens with two attached hydrogens (primary N) is 1. The van der Waals surface area contributed by atoms with E-state index in [1.54, 1.807) is 18.2 Å². The Balaban J connectivity index is 1.93. The molecule has 0 bridgehead atoms. The molecule has 0 aromatic heterocycles. The van der Waals surface area contributed by atoms with Gasteiger partial charge in [-0.1, -0.05) is 6.42 Å². The maximum atomic E-state index is 12.9. The third-order valence-electron chi connectivity index (χ3n) is 4.17. The number of hydrogen-bond donors (Lipinski definition) is 1. The summed E-state index contributed by atoms with van der Waals surface area (Å²) in [6.45, 7) is 1.99. The van der Waals surface area contributed by atoms with Crippen LogP contribution in [0.15, 0.2) is 23.1 Å². The molecule has 1 atom stereocenters. The van der Waals surface area contributed by atoms with Crippen molar-refractivity contribution in [2.75, 3.05) is 26.3 Å². The van der Waals surface area contributed by atoms with E-state index in [1.807, 2.05) is 0 Å². The van der Waals surface area contributed by atoms with Crippen LogP contribution >= 0.6 is 0 Å². The van der Waals surface area contributed by atoms with Crippen LogP contribution in [-0.2, 0) is 10.0 Å². The summed E-state index contributed by atoms with van der Waals surface area (Å²) in [6, 6.07) is 4.72. The molecule has 2 N–H and O–H groups in total. The highest BCUT2D eigenvalue weighted by Gasteiger charge is 2.33. The quantitative estimate of drug-likeness (QED) is 0.907. The van der Waals surface area contributed by atoms with Gasteiger partial charge >= 0.3 is 0 Å². The lowest BCUT2D eigenvalue weighted by atomic mass is 10.1. The molecule has 1 fully saturated rings. The minimum atomic E-state index is -3.55. The van der Waals surface area contributed by atoms with Crippen LogP contribution in [0.4, 0.5) is 0 Å². The summed E-state index contributed by atoms with van der Waals surface area (Å²) in [5.74, 6) is 1.10. The number of sulfonamides is 1. The Kier molecular flexibility index (Phi) is 4.56. The van der Waals surface area contributed by atoms with Gasteiger partial charge in [0.1, 0.15) is 0 Å². The zero-order valence-corrected chi connectivity index (χ0v) is 13.3. The number of ether oxygens (including phenoxy) is 2. The number of rotatable bonds is 3. The molecule has 0 aliphatic carbocycles. The summed E-state index contributed by atoms with van der Waals surface area (Å²) in [5, 5.41) is 0. The summed E-state index contributed by atoms with van der Waals surface area (Å²) in [7, 11) is -3.55. The first-order valence-corrected chi connectivity index (χ1v) is 9.18. The van der Waals surface area contributed by atoms with E-state index in [-0.39, 0.29) is 10.9 Å². The fourth-order valence-electron chi connectivity index (χ4n) is 2.97. The monoisotopic (exact) mass is 326 g/mol. The van der Waals surface area contributed by atoms with E-state index in [4.69, 9.17) is 15.2 Å². The molecule has 3 rings (SSSR count). The zero-order valence-electron chi connectivity index (χ0n) is 12.5. The molecule has 0 spiro atoms. The first-order valence-electron chi connectivity index (χ1n) is 7.74. The molecule has 1 unspecified atom stereocenters. The number of fused-ring (bicyclic) bond motifs is 1. The Bertz CT molecular complexity index is 632. The molecule has 2 heterocycles. The van der Waals surface area contributed by atoms with Gasteiger partial charge in [-0.3, -0.25) is 0 Å². The summed E-state index contributed by atoms with van der Waals surface area (Å²) >= 11 is 0. The van der Waals surface area contributed by atoms with Crippen LogP contribution in [-0.4, -0.2) is 45.1 Å². The lowest BCUT2D eigenvalue weighted by Gasteiger charge is -2.33. The molecule has 0 radical (unpaired) electrons. The second kappa shape index (κ2) is 6.44. The van der Waals surface area contributed by atoms with Crippen LogP contribution in [0.3, 0.4) is 0 Å². The Morgan fingerprint density at radius 2 is 1.91 bits per heavy atom. The zero-order chi connectivity index (χ0) is 15.6. The minimum absolute atomic E-state index is 0.116. The van der Waals surface area contributed by atoms with Gasteiger partial charge in [0, 0.05) is 31.6 Å². The molecule has 2 aliphatic heterocycles. The van der Waals surface area contributed by atoms with Crippen molar-refractivity contribution in [3.63, 3.8) is 0 Å². The first-order chi connectivity index (χ1) is 10.6. The normalized spacial score (nSPS) is 23.0. The summed E-state index contributed by atoms with van der Waals surface area (Å²) in [4.78, 5) is 0.247. The molecule has 122 valence electrons. The van der Waals surface area contributed by atoms with Crippen LogP contribution in [0.2, 0.25) is 0 Å². The van der Waals surface area contributed by atoms with Gasteiger partial charge in [-0.15, -0.1) is 0 Å². The van der Waals surface area contributed by atoms with Gasteiger partial charge in [0.2, 0.25) is 10.0 Å². The lowest BCUT2D eigenvalue weighted by molar-refractivity contribution is 0.257. The average Bonchev–Trinajstić information content (AvgIpc) is 2.79. The molecule has 7 heteroatoms. The first kappa shape index (κ1) is 15.6. The number of nitrogens with zero attached hydrogens (tertiary/aromatic N) is 1. The molecule has 2 aliphatic rings. The van der Waals surface area contributed by atoms with E-state index in [0.717, 1.165) is 25.7 Å². The highest BCUT2D eigenvalue weighted by molar-refractivity contribution is 7.89. The second-order valence-corrected chi connectivity index (χ2v) is 7.55. The minimum Gasteiger partial charge on any atom is -0.490 e. The van der Waals surface area contributed by atoms with Crippen LogP contribution in [0.5, 0.6) is 11.5 Å². The second-order valence-electron chi connectivity index (χ2n) is 5.66. The van der Waals surface area contributed by atoms with E-state index in [0.29, 0.717) is 37.8 Å². The van der Waals surface area contributed by atoms with E-state index < -0.39 is 10.0 Å². The van der Waals surface area contributed by atoms with E-state index >= 15 is 0 Å². The summed E-state index contributed by atoms with van der Waals surface area (Å²) < 4.78 is 38.5. The Morgan fingerprint density at radius 3 is 2.68 bits per heavy atom. The Morgan fingerprint density at radius 1 is 1.14 bits per heavy atom. The predicted molar refractivity (Wildman–Crippen MR) is 82.6 cm³/mol. The molecule has 0 amide bonds. The Labute approximate surface area is 131 Å². The third-order valence-corrected chi connectivity index (χ3v) is 6.12. The van der Waals surface area contributed by atoms with Crippen molar-refractivity contribution in [2.24, 2.45) is 5.73 Å². The van der Waals surface area contributed by atoms with Gasteiger partial charge in [0.15, 0.2) is 11.5 Å². The van der Waals surface area contributed by atoms with Gasteiger partial charge in [-0.05, 0) is 25.0 Å². The van der Waals surface area contributed by atoms with E-state index in [2.05, 4.69) is 0 Å². The van der Waals surface area contributed by atoms with Gasteiger partial charge < -0.3 is 15.2 Å². The van der Waals surface area contributed by atoms with Crippen LogP contribution in [0.1, 0.15) is 25.7 Å². The van der Waals surface area contributed by atoms with Crippen LogP contribution < -0.4 is 15.2 Å². The number of piperidine rings is 1. The van der Waals surface area contributed by atoms with Crippen LogP contribution in [0, 0.1) is 0 Å². The summed E-state index contributed by atoms with van der Waals surface area (Å²) in [5.41, 5.74) is 5.75. The molecular formula is C15H22N2O4S. The summed E-state index contributed by atoms with van der Waals surface area (Å²) in [6.07, 6.45) is 3.51. The van der Waals surface area contributed by atoms with Crippen molar-refractivity contribution in [2.45, 2.75) is 36.6 Å². The molecule has 22 heavy (non-hydrogen) atoms. The average molecular weight is 326 g/mol. The molecule has 1 aromatic rings. The van der Waals surface area contributed by atoms with Gasteiger partial charge in [-0.2, -0.15) is 4.31 Å². The smallest absolute Gasteiger partial charge is 0.243 e. The Hall–Kier alpha value is -1.31. The van der Waals surface area contributed by atoms with Gasteiger partial charge in [0.05, 0.1) is 18.1 Å². The topological polar surface area (TPSA) is 81.9 Å². The molecule has 1 saturated heterocycles. The molecule has 6 nitrogen and oxygen atoms in total. The maximum absolute atomic E-state index is 12.9.